The van der Waals surface area contributed by atoms with Gasteiger partial charge in [-0.25, -0.2) is 0 Å². The number of hydrogen-bond donors (Lipinski definition) is 1. The molecule has 0 spiro atoms. The van der Waals surface area contributed by atoms with Gasteiger partial charge < -0.3 is 5.11 Å². The summed E-state index contributed by atoms with van der Waals surface area (Å²) in [5.74, 6) is -0.895. The van der Waals surface area contributed by atoms with E-state index in [1.807, 2.05) is 6.92 Å². The Balaban J connectivity index is 2.29. The topological polar surface area (TPSA) is 40.5 Å². The second-order valence-electron chi connectivity index (χ2n) is 6.20. The van der Waals surface area contributed by atoms with Crippen LogP contribution in [0.3, 0.4) is 0 Å². The van der Waals surface area contributed by atoms with Crippen molar-refractivity contribution in [2.24, 2.45) is 5.92 Å². The molecule has 3 nitrogen and oxygen atoms in total. The van der Waals surface area contributed by atoms with E-state index in [0.29, 0.717) is 0 Å². The summed E-state index contributed by atoms with van der Waals surface area (Å²) in [7, 11) is 0. The molecule has 0 bridgehead atoms. The molecule has 0 aliphatic carbocycles. The Kier molecular flexibility index (Phi) is 4.19. The largest absolute Gasteiger partial charge is 0.481 e. The maximum atomic E-state index is 11.3. The van der Waals surface area contributed by atoms with Crippen molar-refractivity contribution in [3.63, 3.8) is 0 Å². The SMILES string of the molecule is Cc1cc(C)c(C(C)N2CCC(C(=O)O)C2C)c(C)c1. The Morgan fingerprint density at radius 3 is 2.30 bits per heavy atom. The molecule has 2 rings (SSSR count). The maximum absolute atomic E-state index is 11.3. The van der Waals surface area contributed by atoms with Crippen LogP contribution in [0.5, 0.6) is 0 Å². The molecule has 1 aliphatic heterocycles. The van der Waals surface area contributed by atoms with E-state index in [4.69, 9.17) is 0 Å². The van der Waals surface area contributed by atoms with Crippen molar-refractivity contribution in [2.45, 2.75) is 53.1 Å². The fourth-order valence-electron chi connectivity index (χ4n) is 3.86. The number of benzene rings is 1. The number of hydrogen-bond acceptors (Lipinski definition) is 2. The summed E-state index contributed by atoms with van der Waals surface area (Å²) in [5, 5.41) is 9.27. The Morgan fingerprint density at radius 1 is 1.30 bits per heavy atom. The highest BCUT2D eigenvalue weighted by Crippen LogP contribution is 2.35. The molecule has 3 atom stereocenters. The third-order valence-corrected chi connectivity index (χ3v) is 4.77. The van der Waals surface area contributed by atoms with Gasteiger partial charge in [-0.15, -0.1) is 0 Å². The third kappa shape index (κ3) is 2.59. The monoisotopic (exact) mass is 275 g/mol. The smallest absolute Gasteiger partial charge is 0.308 e. The van der Waals surface area contributed by atoms with E-state index in [0.717, 1.165) is 13.0 Å². The molecule has 3 unspecified atom stereocenters. The standard InChI is InChI=1S/C17H25NO2/c1-10-8-11(2)16(12(3)9-10)14(5)18-7-6-15(13(18)4)17(19)20/h8-9,13-15H,6-7H2,1-5H3,(H,19,20). The van der Waals surface area contributed by atoms with Gasteiger partial charge in [0, 0.05) is 12.1 Å². The van der Waals surface area contributed by atoms with Crippen molar-refractivity contribution >= 4 is 5.97 Å². The molecule has 1 heterocycles. The molecule has 1 aromatic carbocycles. The van der Waals surface area contributed by atoms with Crippen molar-refractivity contribution in [2.75, 3.05) is 6.54 Å². The lowest BCUT2D eigenvalue weighted by Crippen LogP contribution is -2.35. The minimum Gasteiger partial charge on any atom is -0.481 e. The second-order valence-corrected chi connectivity index (χ2v) is 6.20. The molecule has 0 radical (unpaired) electrons. The highest BCUT2D eigenvalue weighted by Gasteiger charge is 2.38. The van der Waals surface area contributed by atoms with Crippen LogP contribution in [0.25, 0.3) is 0 Å². The van der Waals surface area contributed by atoms with Crippen LogP contribution in [0.15, 0.2) is 12.1 Å². The van der Waals surface area contributed by atoms with Gasteiger partial charge in [-0.05, 0) is 64.3 Å². The fraction of sp³-hybridized carbons (Fsp3) is 0.588. The van der Waals surface area contributed by atoms with Gasteiger partial charge in [0.1, 0.15) is 0 Å². The Morgan fingerprint density at radius 2 is 1.85 bits per heavy atom. The molecule has 0 amide bonds. The number of aryl methyl sites for hydroxylation is 3. The van der Waals surface area contributed by atoms with E-state index in [2.05, 4.69) is 44.7 Å². The summed E-state index contributed by atoms with van der Waals surface area (Å²) in [6.07, 6.45) is 0.755. The summed E-state index contributed by atoms with van der Waals surface area (Å²) in [6, 6.07) is 4.81. The number of carboxylic acid groups (broad SMARTS) is 1. The summed E-state index contributed by atoms with van der Waals surface area (Å²) >= 11 is 0. The fourth-order valence-corrected chi connectivity index (χ4v) is 3.86. The van der Waals surface area contributed by atoms with Gasteiger partial charge >= 0.3 is 5.97 Å². The van der Waals surface area contributed by atoms with Gasteiger partial charge in [0.05, 0.1) is 5.92 Å². The first-order valence-corrected chi connectivity index (χ1v) is 7.39. The zero-order chi connectivity index (χ0) is 15.0. The van der Waals surface area contributed by atoms with Gasteiger partial charge in [0.15, 0.2) is 0 Å². The lowest BCUT2D eigenvalue weighted by atomic mass is 9.93. The molecule has 1 saturated heterocycles. The van der Waals surface area contributed by atoms with E-state index in [1.54, 1.807) is 0 Å². The lowest BCUT2D eigenvalue weighted by Gasteiger charge is -2.32. The first-order chi connectivity index (χ1) is 9.32. The van der Waals surface area contributed by atoms with Crippen LogP contribution < -0.4 is 0 Å². The van der Waals surface area contributed by atoms with E-state index in [1.165, 1.54) is 22.3 Å². The normalized spacial score (nSPS) is 24.9. The molecule has 3 heteroatoms. The minimum atomic E-state index is -0.662. The quantitative estimate of drug-likeness (QED) is 0.918. The zero-order valence-corrected chi connectivity index (χ0v) is 13.1. The van der Waals surface area contributed by atoms with Crippen LogP contribution in [-0.4, -0.2) is 28.6 Å². The molecule has 0 saturated carbocycles. The van der Waals surface area contributed by atoms with Crippen molar-refractivity contribution < 1.29 is 9.90 Å². The van der Waals surface area contributed by atoms with Crippen LogP contribution in [0.4, 0.5) is 0 Å². The molecule has 1 aromatic rings. The molecular weight excluding hydrogens is 250 g/mol. The van der Waals surface area contributed by atoms with Gasteiger partial charge in [-0.1, -0.05) is 17.7 Å². The predicted octanol–water partition coefficient (Wildman–Crippen LogP) is 3.47. The highest BCUT2D eigenvalue weighted by molar-refractivity contribution is 5.71. The van der Waals surface area contributed by atoms with E-state index >= 15 is 0 Å². The first-order valence-electron chi connectivity index (χ1n) is 7.39. The van der Waals surface area contributed by atoms with E-state index < -0.39 is 5.97 Å². The summed E-state index contributed by atoms with van der Waals surface area (Å²) < 4.78 is 0. The van der Waals surface area contributed by atoms with Gasteiger partial charge in [-0.2, -0.15) is 0 Å². The summed E-state index contributed by atoms with van der Waals surface area (Å²) in [4.78, 5) is 13.6. The van der Waals surface area contributed by atoms with E-state index in [9.17, 15) is 9.90 Å². The number of nitrogens with zero attached hydrogens (tertiary/aromatic N) is 1. The van der Waals surface area contributed by atoms with Gasteiger partial charge in [0.2, 0.25) is 0 Å². The van der Waals surface area contributed by atoms with Crippen molar-refractivity contribution in [1.29, 1.82) is 0 Å². The second kappa shape index (κ2) is 5.57. The average molecular weight is 275 g/mol. The van der Waals surface area contributed by atoms with Gasteiger partial charge in [0.25, 0.3) is 0 Å². The van der Waals surface area contributed by atoms with Crippen molar-refractivity contribution in [3.8, 4) is 0 Å². The number of aliphatic carboxylic acids is 1. The summed E-state index contributed by atoms with van der Waals surface area (Å²) in [6.45, 7) is 11.5. The minimum absolute atomic E-state index is 0.0996. The van der Waals surface area contributed by atoms with Crippen LogP contribution in [0.2, 0.25) is 0 Å². The first kappa shape index (κ1) is 15.0. The molecule has 1 N–H and O–H groups in total. The Hall–Kier alpha value is -1.35. The maximum Gasteiger partial charge on any atom is 0.308 e. The zero-order valence-electron chi connectivity index (χ0n) is 13.1. The number of rotatable bonds is 3. The highest BCUT2D eigenvalue weighted by atomic mass is 16.4. The third-order valence-electron chi connectivity index (χ3n) is 4.77. The Labute approximate surface area is 121 Å². The predicted molar refractivity (Wildman–Crippen MR) is 81.0 cm³/mol. The molecular formula is C17H25NO2. The number of likely N-dealkylation sites (tertiary alicyclic amines) is 1. The number of carboxylic acids is 1. The molecule has 20 heavy (non-hydrogen) atoms. The lowest BCUT2D eigenvalue weighted by molar-refractivity contribution is -0.142. The van der Waals surface area contributed by atoms with Gasteiger partial charge in [-0.3, -0.25) is 9.69 Å². The molecule has 0 aromatic heterocycles. The average Bonchev–Trinajstić information content (AvgIpc) is 2.69. The Bertz CT molecular complexity index is 501. The van der Waals surface area contributed by atoms with Crippen LogP contribution >= 0.6 is 0 Å². The number of carbonyl (C=O) groups is 1. The van der Waals surface area contributed by atoms with E-state index in [-0.39, 0.29) is 18.0 Å². The summed E-state index contributed by atoms with van der Waals surface area (Å²) in [5.41, 5.74) is 5.25. The van der Waals surface area contributed by atoms with Crippen LogP contribution in [-0.2, 0) is 4.79 Å². The van der Waals surface area contributed by atoms with Crippen LogP contribution in [0.1, 0.15) is 48.6 Å². The van der Waals surface area contributed by atoms with Crippen molar-refractivity contribution in [3.05, 3.63) is 34.4 Å². The van der Waals surface area contributed by atoms with Crippen molar-refractivity contribution in [1.82, 2.24) is 4.90 Å². The van der Waals surface area contributed by atoms with Crippen LogP contribution in [0, 0.1) is 26.7 Å². The molecule has 110 valence electrons. The molecule has 1 fully saturated rings. The molecule has 1 aliphatic rings.